The topological polar surface area (TPSA) is 67.9 Å². The molecule has 20 heavy (non-hydrogen) atoms. The molecule has 0 amide bonds. The van der Waals surface area contributed by atoms with Crippen LogP contribution in [0, 0.1) is 12.7 Å². The first-order valence-corrected chi connectivity index (χ1v) is 6.66. The van der Waals surface area contributed by atoms with Crippen molar-refractivity contribution in [3.8, 4) is 11.4 Å². The summed E-state index contributed by atoms with van der Waals surface area (Å²) in [5.41, 5.74) is 7.34. The predicted octanol–water partition coefficient (Wildman–Crippen LogP) is 2.17. The fourth-order valence-electron chi connectivity index (χ4n) is 2.44. The minimum absolute atomic E-state index is 0.195. The molecule has 1 saturated heterocycles. The molecule has 104 valence electrons. The molecule has 6 heteroatoms. The average molecular weight is 273 g/mol. The summed E-state index contributed by atoms with van der Waals surface area (Å²) in [5.74, 6) is 1.03. The molecule has 3 rings (SSSR count). The quantitative estimate of drug-likeness (QED) is 0.908. The molecule has 1 aromatic heterocycles. The van der Waals surface area contributed by atoms with Crippen LogP contribution in [-0.2, 0) is 0 Å². The van der Waals surface area contributed by atoms with E-state index in [1.807, 2.05) is 6.92 Å². The minimum Gasteiger partial charge on any atom is -0.368 e. The first kappa shape index (κ1) is 12.8. The zero-order valence-electron chi connectivity index (χ0n) is 11.3. The third kappa shape index (κ3) is 2.41. The van der Waals surface area contributed by atoms with Gasteiger partial charge in [-0.25, -0.2) is 4.39 Å². The number of aryl methyl sites for hydroxylation is 1. The molecule has 1 fully saturated rings. The summed E-state index contributed by atoms with van der Waals surface area (Å²) in [4.78, 5) is 14.9. The Morgan fingerprint density at radius 3 is 2.60 bits per heavy atom. The van der Waals surface area contributed by atoms with E-state index in [2.05, 4.69) is 19.9 Å². The normalized spacial score (nSPS) is 14.8. The summed E-state index contributed by atoms with van der Waals surface area (Å²) in [5, 5.41) is 0. The molecule has 1 aliphatic heterocycles. The molecule has 2 N–H and O–H groups in total. The second kappa shape index (κ2) is 5.03. The van der Waals surface area contributed by atoms with Crippen LogP contribution in [-0.4, -0.2) is 28.0 Å². The Balaban J connectivity index is 2.04. The number of nitrogens with zero attached hydrogens (tertiary/aromatic N) is 4. The highest BCUT2D eigenvalue weighted by atomic mass is 19.1. The van der Waals surface area contributed by atoms with Gasteiger partial charge in [0.1, 0.15) is 5.82 Å². The molecule has 5 nitrogen and oxygen atoms in total. The van der Waals surface area contributed by atoms with Crippen LogP contribution < -0.4 is 10.6 Å². The van der Waals surface area contributed by atoms with Crippen molar-refractivity contribution in [1.29, 1.82) is 0 Å². The summed E-state index contributed by atoms with van der Waals surface area (Å²) in [6.45, 7) is 3.70. The minimum atomic E-state index is -0.270. The molecular formula is C14H16FN5. The molecule has 0 saturated carbocycles. The van der Waals surface area contributed by atoms with E-state index >= 15 is 0 Å². The van der Waals surface area contributed by atoms with Crippen molar-refractivity contribution in [2.24, 2.45) is 0 Å². The lowest BCUT2D eigenvalue weighted by Crippen LogP contribution is -2.21. The molecule has 2 heterocycles. The van der Waals surface area contributed by atoms with Gasteiger partial charge in [-0.1, -0.05) is 0 Å². The van der Waals surface area contributed by atoms with E-state index in [0.717, 1.165) is 37.1 Å². The van der Waals surface area contributed by atoms with Gasteiger partial charge in [-0.2, -0.15) is 15.0 Å². The maximum absolute atomic E-state index is 13.2. The van der Waals surface area contributed by atoms with Gasteiger partial charge in [0.25, 0.3) is 0 Å². The summed E-state index contributed by atoms with van der Waals surface area (Å²) in [7, 11) is 0. The van der Waals surface area contributed by atoms with Crippen molar-refractivity contribution >= 4 is 11.9 Å². The van der Waals surface area contributed by atoms with Gasteiger partial charge in [0, 0.05) is 18.7 Å². The highest BCUT2D eigenvalue weighted by Crippen LogP contribution is 2.24. The average Bonchev–Trinajstić information content (AvgIpc) is 2.91. The highest BCUT2D eigenvalue weighted by molar-refractivity contribution is 5.62. The van der Waals surface area contributed by atoms with Crippen LogP contribution in [0.5, 0.6) is 0 Å². The van der Waals surface area contributed by atoms with Crippen molar-refractivity contribution in [2.75, 3.05) is 23.7 Å². The molecule has 1 aromatic carbocycles. The number of nitrogen functional groups attached to an aromatic ring is 1. The van der Waals surface area contributed by atoms with Crippen LogP contribution in [0.1, 0.15) is 18.4 Å². The number of aromatic nitrogens is 3. The molecular weight excluding hydrogens is 257 g/mol. The molecule has 0 bridgehead atoms. The second-order valence-corrected chi connectivity index (χ2v) is 4.97. The van der Waals surface area contributed by atoms with Crippen LogP contribution in [0.2, 0.25) is 0 Å². The maximum Gasteiger partial charge on any atom is 0.230 e. The predicted molar refractivity (Wildman–Crippen MR) is 75.8 cm³/mol. The Bertz CT molecular complexity index is 637. The van der Waals surface area contributed by atoms with Crippen LogP contribution in [0.3, 0.4) is 0 Å². The molecule has 2 aromatic rings. The van der Waals surface area contributed by atoms with Gasteiger partial charge in [-0.3, -0.25) is 0 Å². The fraction of sp³-hybridized carbons (Fsp3) is 0.357. The Labute approximate surface area is 116 Å². The maximum atomic E-state index is 13.2. The van der Waals surface area contributed by atoms with Gasteiger partial charge in [0.2, 0.25) is 11.9 Å². The third-order valence-corrected chi connectivity index (χ3v) is 3.46. The van der Waals surface area contributed by atoms with Crippen LogP contribution in [0.15, 0.2) is 18.2 Å². The number of benzene rings is 1. The van der Waals surface area contributed by atoms with Crippen LogP contribution in [0.25, 0.3) is 11.4 Å². The summed E-state index contributed by atoms with van der Waals surface area (Å²) >= 11 is 0. The first-order valence-electron chi connectivity index (χ1n) is 6.66. The largest absolute Gasteiger partial charge is 0.368 e. The Kier molecular flexibility index (Phi) is 3.22. The zero-order valence-corrected chi connectivity index (χ0v) is 11.3. The molecule has 0 atom stereocenters. The molecule has 0 radical (unpaired) electrons. The van der Waals surface area contributed by atoms with Crippen molar-refractivity contribution in [3.63, 3.8) is 0 Å². The summed E-state index contributed by atoms with van der Waals surface area (Å²) in [6, 6.07) is 4.54. The zero-order chi connectivity index (χ0) is 14.1. The lowest BCUT2D eigenvalue weighted by atomic mass is 10.1. The third-order valence-electron chi connectivity index (χ3n) is 3.46. The van der Waals surface area contributed by atoms with E-state index in [1.54, 1.807) is 6.07 Å². The number of nitrogens with two attached hydrogens (primary N) is 1. The van der Waals surface area contributed by atoms with Gasteiger partial charge < -0.3 is 10.6 Å². The van der Waals surface area contributed by atoms with E-state index in [0.29, 0.717) is 11.8 Å². The van der Waals surface area contributed by atoms with Gasteiger partial charge in [0.05, 0.1) is 0 Å². The number of hydrogen-bond donors (Lipinski definition) is 1. The second-order valence-electron chi connectivity index (χ2n) is 4.97. The van der Waals surface area contributed by atoms with Gasteiger partial charge >= 0.3 is 0 Å². The van der Waals surface area contributed by atoms with E-state index in [9.17, 15) is 4.39 Å². The molecule has 1 aliphatic rings. The molecule has 0 spiro atoms. The Morgan fingerprint density at radius 1 is 1.15 bits per heavy atom. The SMILES string of the molecule is Cc1cc(F)ccc1-c1nc(N)nc(N2CCCC2)n1. The standard InChI is InChI=1S/C14H16FN5/c1-9-8-10(15)4-5-11(9)12-17-13(16)19-14(18-12)20-6-2-3-7-20/h4-5,8H,2-3,6-7H2,1H3,(H2,16,17,18,19). The monoisotopic (exact) mass is 273 g/mol. The van der Waals surface area contributed by atoms with Crippen molar-refractivity contribution < 1.29 is 4.39 Å². The Morgan fingerprint density at radius 2 is 1.90 bits per heavy atom. The lowest BCUT2D eigenvalue weighted by molar-refractivity contribution is 0.627. The number of anilines is 2. The van der Waals surface area contributed by atoms with Crippen LogP contribution >= 0.6 is 0 Å². The fourth-order valence-corrected chi connectivity index (χ4v) is 2.44. The summed E-state index contributed by atoms with van der Waals surface area (Å²) < 4.78 is 13.2. The number of halogens is 1. The van der Waals surface area contributed by atoms with Crippen molar-refractivity contribution in [1.82, 2.24) is 15.0 Å². The van der Waals surface area contributed by atoms with Crippen LogP contribution in [0.4, 0.5) is 16.3 Å². The first-order chi connectivity index (χ1) is 9.63. The van der Waals surface area contributed by atoms with Crippen molar-refractivity contribution in [2.45, 2.75) is 19.8 Å². The molecule has 0 unspecified atom stereocenters. The van der Waals surface area contributed by atoms with E-state index in [-0.39, 0.29) is 11.8 Å². The molecule has 0 aliphatic carbocycles. The lowest BCUT2D eigenvalue weighted by Gasteiger charge is -2.16. The Hall–Kier alpha value is -2.24. The summed E-state index contributed by atoms with van der Waals surface area (Å²) in [6.07, 6.45) is 2.27. The highest BCUT2D eigenvalue weighted by Gasteiger charge is 2.17. The van der Waals surface area contributed by atoms with Gasteiger partial charge in [-0.15, -0.1) is 0 Å². The number of rotatable bonds is 2. The van der Waals surface area contributed by atoms with Gasteiger partial charge in [0.15, 0.2) is 5.82 Å². The van der Waals surface area contributed by atoms with Crippen molar-refractivity contribution in [3.05, 3.63) is 29.6 Å². The van der Waals surface area contributed by atoms with E-state index in [4.69, 9.17) is 5.73 Å². The smallest absolute Gasteiger partial charge is 0.230 e. The van der Waals surface area contributed by atoms with Gasteiger partial charge in [-0.05, 0) is 43.5 Å². The van der Waals surface area contributed by atoms with E-state index < -0.39 is 0 Å². The number of hydrogen-bond acceptors (Lipinski definition) is 5. The van der Waals surface area contributed by atoms with E-state index in [1.165, 1.54) is 12.1 Å².